The summed E-state index contributed by atoms with van der Waals surface area (Å²) >= 11 is 0. The minimum absolute atomic E-state index is 0.112. The van der Waals surface area contributed by atoms with Crippen molar-refractivity contribution in [2.24, 2.45) is 5.92 Å². The molecule has 3 aromatic rings. The second-order valence-corrected chi connectivity index (χ2v) is 15.9. The monoisotopic (exact) mass is 495 g/mol. The summed E-state index contributed by atoms with van der Waals surface area (Å²) in [5.41, 5.74) is 4.97. The average Bonchev–Trinajstić information content (AvgIpc) is 3.24. The molecule has 1 aromatic carbocycles. The lowest BCUT2D eigenvalue weighted by molar-refractivity contribution is 0.123. The molecule has 1 aliphatic rings. The molecule has 0 bridgehead atoms. The Morgan fingerprint density at radius 1 is 1.17 bits per heavy atom. The van der Waals surface area contributed by atoms with E-state index in [1.807, 2.05) is 12.1 Å². The Balaban J connectivity index is 1.59. The highest BCUT2D eigenvalue weighted by atomic mass is 28.4. The molecule has 0 spiro atoms. The number of nitrogens with zero attached hydrogens (tertiary/aromatic N) is 3. The van der Waals surface area contributed by atoms with E-state index in [1.54, 1.807) is 12.4 Å². The third-order valence-corrected chi connectivity index (χ3v) is 12.3. The highest BCUT2D eigenvalue weighted by Crippen LogP contribution is 2.39. The topological polar surface area (TPSA) is 88.7 Å². The van der Waals surface area contributed by atoms with Gasteiger partial charge in [0, 0.05) is 36.4 Å². The van der Waals surface area contributed by atoms with E-state index in [9.17, 15) is 9.90 Å². The average molecular weight is 496 g/mol. The molecular weight excluding hydrogens is 458 g/mol. The van der Waals surface area contributed by atoms with Crippen molar-refractivity contribution in [3.05, 3.63) is 47.9 Å². The van der Waals surface area contributed by atoms with E-state index >= 15 is 0 Å². The van der Waals surface area contributed by atoms with Crippen LogP contribution in [-0.2, 0) is 17.5 Å². The number of hydrogen-bond acceptors (Lipinski definition) is 5. The zero-order chi connectivity index (χ0) is 25.2. The van der Waals surface area contributed by atoms with Crippen molar-refractivity contribution >= 4 is 25.4 Å². The third-order valence-electron chi connectivity index (χ3n) is 7.87. The molecule has 3 heterocycles. The maximum Gasteiger partial charge on any atom is 0.407 e. The lowest BCUT2D eigenvalue weighted by Crippen LogP contribution is -2.40. The van der Waals surface area contributed by atoms with Crippen molar-refractivity contribution in [3.8, 4) is 11.1 Å². The van der Waals surface area contributed by atoms with Crippen LogP contribution in [0, 0.1) is 5.92 Å². The molecule has 0 radical (unpaired) electrons. The standard InChI is InChI=1S/C27H37N3O4Si/c1-27(2,3)35(4,5)33-18-23-21(20-10-14-28-15-11-20)7-8-22-24(29-34-25(22)23)9-6-19-12-16-30(17-13-19)26(31)32/h7-8,10-11,14-15,19H,6,9,12-13,16-18H2,1-5H3,(H,31,32). The number of amides is 1. The fourth-order valence-corrected chi connectivity index (χ4v) is 5.40. The van der Waals surface area contributed by atoms with Crippen molar-refractivity contribution in [3.63, 3.8) is 0 Å². The lowest BCUT2D eigenvalue weighted by atomic mass is 9.91. The Hall–Kier alpha value is -2.71. The Labute approximate surface area is 208 Å². The summed E-state index contributed by atoms with van der Waals surface area (Å²) in [6, 6.07) is 8.28. The molecule has 8 heteroatoms. The number of carboxylic acid groups (broad SMARTS) is 1. The quantitative estimate of drug-likeness (QED) is 0.365. The predicted molar refractivity (Wildman–Crippen MR) is 140 cm³/mol. The summed E-state index contributed by atoms with van der Waals surface area (Å²) in [6.45, 7) is 13.0. The van der Waals surface area contributed by atoms with Gasteiger partial charge >= 0.3 is 6.09 Å². The Morgan fingerprint density at radius 3 is 2.49 bits per heavy atom. The second kappa shape index (κ2) is 10.1. The van der Waals surface area contributed by atoms with E-state index in [1.165, 1.54) is 4.90 Å². The van der Waals surface area contributed by atoms with Gasteiger partial charge in [-0.15, -0.1) is 0 Å². The minimum atomic E-state index is -1.96. The SMILES string of the molecule is CC(C)(C)[Si](C)(C)OCc1c(-c2ccncc2)ccc2c(CCC3CCN(C(=O)O)CC3)noc12. The van der Waals surface area contributed by atoms with Gasteiger partial charge in [0.05, 0.1) is 12.3 Å². The molecule has 1 fully saturated rings. The van der Waals surface area contributed by atoms with Crippen molar-refractivity contribution < 1.29 is 18.9 Å². The van der Waals surface area contributed by atoms with Crippen LogP contribution in [0.2, 0.25) is 18.1 Å². The highest BCUT2D eigenvalue weighted by Gasteiger charge is 2.37. The van der Waals surface area contributed by atoms with Gasteiger partial charge in [0.1, 0.15) is 0 Å². The first-order valence-corrected chi connectivity index (χ1v) is 15.4. The van der Waals surface area contributed by atoms with Crippen molar-refractivity contribution in [2.45, 2.75) is 71.2 Å². The van der Waals surface area contributed by atoms with Crippen LogP contribution >= 0.6 is 0 Å². The number of fused-ring (bicyclic) bond motifs is 1. The van der Waals surface area contributed by atoms with Crippen LogP contribution in [0.25, 0.3) is 22.1 Å². The number of pyridine rings is 1. The van der Waals surface area contributed by atoms with Gasteiger partial charge in [-0.05, 0) is 79.1 Å². The van der Waals surface area contributed by atoms with Gasteiger partial charge in [-0.2, -0.15) is 0 Å². The molecule has 0 saturated carbocycles. The van der Waals surface area contributed by atoms with Crippen molar-refractivity contribution in [1.82, 2.24) is 15.0 Å². The summed E-state index contributed by atoms with van der Waals surface area (Å²) in [4.78, 5) is 16.9. The van der Waals surface area contributed by atoms with Gasteiger partial charge in [-0.3, -0.25) is 4.98 Å². The summed E-state index contributed by atoms with van der Waals surface area (Å²) in [5, 5.41) is 14.8. The number of aromatic nitrogens is 2. The number of carbonyl (C=O) groups is 1. The molecule has 1 amide bonds. The summed E-state index contributed by atoms with van der Waals surface area (Å²) in [7, 11) is -1.96. The van der Waals surface area contributed by atoms with E-state index in [0.29, 0.717) is 25.6 Å². The molecule has 2 aromatic heterocycles. The highest BCUT2D eigenvalue weighted by molar-refractivity contribution is 6.74. The van der Waals surface area contributed by atoms with Gasteiger partial charge in [-0.1, -0.05) is 32.0 Å². The smallest absolute Gasteiger partial charge is 0.407 e. The largest absolute Gasteiger partial charge is 0.465 e. The number of benzene rings is 1. The predicted octanol–water partition coefficient (Wildman–Crippen LogP) is 6.73. The van der Waals surface area contributed by atoms with Gasteiger partial charge in [0.25, 0.3) is 0 Å². The first-order chi connectivity index (χ1) is 16.6. The van der Waals surface area contributed by atoms with Crippen LogP contribution in [0.15, 0.2) is 41.2 Å². The molecular formula is C27H37N3O4Si. The fraction of sp³-hybridized carbons (Fsp3) is 0.519. The van der Waals surface area contributed by atoms with Crippen molar-refractivity contribution in [2.75, 3.05) is 13.1 Å². The number of likely N-dealkylation sites (tertiary alicyclic amines) is 1. The molecule has 0 aliphatic carbocycles. The zero-order valence-electron chi connectivity index (χ0n) is 21.5. The summed E-state index contributed by atoms with van der Waals surface area (Å²) < 4.78 is 12.6. The van der Waals surface area contributed by atoms with Crippen LogP contribution < -0.4 is 0 Å². The van der Waals surface area contributed by atoms with E-state index in [-0.39, 0.29) is 5.04 Å². The molecule has 0 unspecified atom stereocenters. The maximum absolute atomic E-state index is 11.2. The Bertz CT molecular complexity index is 1160. The van der Waals surface area contributed by atoms with E-state index in [2.05, 4.69) is 56.1 Å². The van der Waals surface area contributed by atoms with E-state index < -0.39 is 14.4 Å². The van der Waals surface area contributed by atoms with Gasteiger partial charge < -0.3 is 19.0 Å². The third kappa shape index (κ3) is 5.59. The number of aryl methyl sites for hydroxylation is 1. The molecule has 0 atom stereocenters. The van der Waals surface area contributed by atoms with Gasteiger partial charge in [-0.25, -0.2) is 4.79 Å². The maximum atomic E-state index is 11.2. The summed E-state index contributed by atoms with van der Waals surface area (Å²) in [6.07, 6.45) is 6.40. The number of rotatable bonds is 7. The van der Waals surface area contributed by atoms with Crippen LogP contribution in [0.1, 0.15) is 51.3 Å². The number of hydrogen-bond donors (Lipinski definition) is 1. The molecule has 1 N–H and O–H groups in total. The Kier molecular flexibility index (Phi) is 7.33. The zero-order valence-corrected chi connectivity index (χ0v) is 22.5. The number of piperidine rings is 1. The molecule has 35 heavy (non-hydrogen) atoms. The van der Waals surface area contributed by atoms with Crippen LogP contribution in [-0.4, -0.2) is 47.6 Å². The van der Waals surface area contributed by atoms with Crippen molar-refractivity contribution in [1.29, 1.82) is 0 Å². The molecule has 7 nitrogen and oxygen atoms in total. The molecule has 188 valence electrons. The first-order valence-electron chi connectivity index (χ1n) is 12.5. The van der Waals surface area contributed by atoms with Crippen LogP contribution in [0.5, 0.6) is 0 Å². The second-order valence-electron chi connectivity index (χ2n) is 11.1. The van der Waals surface area contributed by atoms with Gasteiger partial charge in [0.2, 0.25) is 0 Å². The van der Waals surface area contributed by atoms with Crippen LogP contribution in [0.4, 0.5) is 4.79 Å². The Morgan fingerprint density at radius 2 is 1.86 bits per heavy atom. The normalized spacial score (nSPS) is 15.6. The lowest BCUT2D eigenvalue weighted by Gasteiger charge is -2.36. The molecule has 4 rings (SSSR count). The molecule has 1 saturated heterocycles. The first kappa shape index (κ1) is 25.4. The minimum Gasteiger partial charge on any atom is -0.465 e. The fourth-order valence-electron chi connectivity index (χ4n) is 4.46. The van der Waals surface area contributed by atoms with Crippen LogP contribution in [0.3, 0.4) is 0 Å². The van der Waals surface area contributed by atoms with Gasteiger partial charge in [0.15, 0.2) is 13.9 Å². The summed E-state index contributed by atoms with van der Waals surface area (Å²) in [5.74, 6) is 0.509. The van der Waals surface area contributed by atoms with E-state index in [4.69, 9.17) is 8.95 Å². The van der Waals surface area contributed by atoms with E-state index in [0.717, 1.165) is 59.0 Å². The molecule has 1 aliphatic heterocycles.